The van der Waals surface area contributed by atoms with Crippen molar-refractivity contribution in [3.8, 4) is 5.75 Å². The molecule has 2 N–H and O–H groups in total. The van der Waals surface area contributed by atoms with E-state index in [-0.39, 0.29) is 11.7 Å². The van der Waals surface area contributed by atoms with Crippen LogP contribution in [0, 0.1) is 6.92 Å². The second-order valence-electron chi connectivity index (χ2n) is 3.32. The maximum Gasteiger partial charge on any atom is 0.267 e. The number of rotatable bonds is 2. The highest BCUT2D eigenvalue weighted by Crippen LogP contribution is 2.21. The summed E-state index contributed by atoms with van der Waals surface area (Å²) >= 11 is 1.27. The number of phenols is 1. The van der Waals surface area contributed by atoms with Crippen LogP contribution in [0.15, 0.2) is 29.9 Å². The van der Waals surface area contributed by atoms with Crippen LogP contribution in [-0.4, -0.2) is 16.0 Å². The molecule has 1 amide bonds. The van der Waals surface area contributed by atoms with Crippen LogP contribution in [0.1, 0.15) is 15.2 Å². The fourth-order valence-electron chi connectivity index (χ4n) is 1.21. The first-order valence-electron chi connectivity index (χ1n) is 4.66. The van der Waals surface area contributed by atoms with Crippen molar-refractivity contribution >= 4 is 22.9 Å². The zero-order valence-electron chi connectivity index (χ0n) is 8.60. The van der Waals surface area contributed by atoms with Crippen molar-refractivity contribution in [1.29, 1.82) is 0 Å². The van der Waals surface area contributed by atoms with Gasteiger partial charge in [0.15, 0.2) is 0 Å². The quantitative estimate of drug-likeness (QED) is 0.838. The van der Waals surface area contributed by atoms with Crippen molar-refractivity contribution in [3.05, 3.63) is 40.3 Å². The molecule has 82 valence electrons. The van der Waals surface area contributed by atoms with Crippen molar-refractivity contribution in [2.45, 2.75) is 6.92 Å². The second-order valence-corrected chi connectivity index (χ2v) is 4.21. The van der Waals surface area contributed by atoms with Gasteiger partial charge in [-0.15, -0.1) is 11.3 Å². The maximum atomic E-state index is 11.6. The number of carbonyl (C=O) groups is 1. The summed E-state index contributed by atoms with van der Waals surface area (Å²) < 4.78 is 0. The van der Waals surface area contributed by atoms with Gasteiger partial charge in [0.1, 0.15) is 10.6 Å². The van der Waals surface area contributed by atoms with Crippen molar-refractivity contribution in [1.82, 2.24) is 4.98 Å². The molecule has 1 aromatic carbocycles. The Kier molecular flexibility index (Phi) is 2.87. The predicted molar refractivity (Wildman–Crippen MR) is 62.9 cm³/mol. The van der Waals surface area contributed by atoms with E-state index in [2.05, 4.69) is 10.3 Å². The highest BCUT2D eigenvalue weighted by atomic mass is 32.1. The van der Waals surface area contributed by atoms with E-state index in [9.17, 15) is 9.90 Å². The number of anilines is 1. The van der Waals surface area contributed by atoms with Gasteiger partial charge in [-0.2, -0.15) is 0 Å². The first-order chi connectivity index (χ1) is 7.66. The average Bonchev–Trinajstić information content (AvgIpc) is 2.77. The summed E-state index contributed by atoms with van der Waals surface area (Å²) in [5.74, 6) is -0.0483. The van der Waals surface area contributed by atoms with Crippen molar-refractivity contribution in [2.24, 2.45) is 0 Å². The molecule has 0 fully saturated rings. The largest absolute Gasteiger partial charge is 0.508 e. The summed E-state index contributed by atoms with van der Waals surface area (Å²) in [6.07, 6.45) is 1.51. The number of carbonyl (C=O) groups excluding carboxylic acids is 1. The molecule has 0 aliphatic heterocycles. The van der Waals surface area contributed by atoms with Crippen LogP contribution in [0.3, 0.4) is 0 Å². The summed E-state index contributed by atoms with van der Waals surface area (Å²) in [7, 11) is 0. The van der Waals surface area contributed by atoms with E-state index in [0.717, 1.165) is 5.56 Å². The molecule has 0 aliphatic rings. The number of aromatic nitrogens is 1. The normalized spacial score (nSPS) is 10.1. The van der Waals surface area contributed by atoms with Crippen molar-refractivity contribution < 1.29 is 9.90 Å². The van der Waals surface area contributed by atoms with Gasteiger partial charge >= 0.3 is 0 Å². The third-order valence-corrected chi connectivity index (χ3v) is 2.89. The first-order valence-corrected chi connectivity index (χ1v) is 5.54. The van der Waals surface area contributed by atoms with E-state index in [1.807, 2.05) is 0 Å². The number of nitrogens with zero attached hydrogens (tertiary/aromatic N) is 1. The molecule has 0 bridgehead atoms. The Morgan fingerprint density at radius 3 is 2.94 bits per heavy atom. The molecule has 1 heterocycles. The van der Waals surface area contributed by atoms with Crippen LogP contribution >= 0.6 is 11.3 Å². The first kappa shape index (κ1) is 10.6. The highest BCUT2D eigenvalue weighted by molar-refractivity contribution is 7.11. The van der Waals surface area contributed by atoms with E-state index in [1.54, 1.807) is 24.6 Å². The van der Waals surface area contributed by atoms with E-state index in [4.69, 9.17) is 0 Å². The van der Waals surface area contributed by atoms with E-state index < -0.39 is 0 Å². The van der Waals surface area contributed by atoms with Crippen LogP contribution in [-0.2, 0) is 0 Å². The number of hydrogen-bond donors (Lipinski definition) is 2. The second kappa shape index (κ2) is 4.32. The zero-order chi connectivity index (χ0) is 11.5. The van der Waals surface area contributed by atoms with E-state index >= 15 is 0 Å². The monoisotopic (exact) mass is 234 g/mol. The SMILES string of the molecule is Cc1ccc(NC(=O)c2cncs2)cc1O. The number of amides is 1. The molecule has 5 heteroatoms. The summed E-state index contributed by atoms with van der Waals surface area (Å²) in [6, 6.07) is 5.01. The lowest BCUT2D eigenvalue weighted by Gasteiger charge is -2.05. The average molecular weight is 234 g/mol. The highest BCUT2D eigenvalue weighted by Gasteiger charge is 2.08. The van der Waals surface area contributed by atoms with E-state index in [0.29, 0.717) is 10.6 Å². The number of phenolic OH excluding ortho intramolecular Hbond substituents is 1. The minimum Gasteiger partial charge on any atom is -0.508 e. The van der Waals surface area contributed by atoms with E-state index in [1.165, 1.54) is 23.6 Å². The standard InChI is InChI=1S/C11H10N2O2S/c1-7-2-3-8(4-9(7)14)13-11(15)10-5-12-6-16-10/h2-6,14H,1H3,(H,13,15). The summed E-state index contributed by atoms with van der Waals surface area (Å²) in [5.41, 5.74) is 2.94. The number of benzene rings is 1. The molecule has 2 aromatic rings. The molecule has 0 saturated heterocycles. The summed E-state index contributed by atoms with van der Waals surface area (Å²) in [6.45, 7) is 1.80. The maximum absolute atomic E-state index is 11.6. The Labute approximate surface area is 96.6 Å². The topological polar surface area (TPSA) is 62.2 Å². The number of aryl methyl sites for hydroxylation is 1. The molecule has 4 nitrogen and oxygen atoms in total. The number of thiazole rings is 1. The zero-order valence-corrected chi connectivity index (χ0v) is 9.41. The van der Waals surface area contributed by atoms with Crippen LogP contribution in [0.5, 0.6) is 5.75 Å². The Balaban J connectivity index is 2.15. The van der Waals surface area contributed by atoms with Crippen LogP contribution in [0.2, 0.25) is 0 Å². The minimum absolute atomic E-state index is 0.169. The molecule has 0 aliphatic carbocycles. The molecular weight excluding hydrogens is 224 g/mol. The number of hydrogen-bond acceptors (Lipinski definition) is 4. The Morgan fingerprint density at radius 1 is 1.50 bits per heavy atom. The fourth-order valence-corrected chi connectivity index (χ4v) is 1.72. The third-order valence-electron chi connectivity index (χ3n) is 2.12. The van der Waals surface area contributed by atoms with Gasteiger partial charge in [0.2, 0.25) is 0 Å². The lowest BCUT2D eigenvalue weighted by Crippen LogP contribution is -2.09. The van der Waals surface area contributed by atoms with Gasteiger partial charge in [0.25, 0.3) is 5.91 Å². The lowest BCUT2D eigenvalue weighted by molar-refractivity contribution is 0.103. The van der Waals surface area contributed by atoms with Crippen LogP contribution in [0.4, 0.5) is 5.69 Å². The smallest absolute Gasteiger partial charge is 0.267 e. The van der Waals surface area contributed by atoms with Gasteiger partial charge < -0.3 is 10.4 Å². The predicted octanol–water partition coefficient (Wildman–Crippen LogP) is 2.41. The fraction of sp³-hybridized carbons (Fsp3) is 0.0909. The molecule has 1 aromatic heterocycles. The molecule has 16 heavy (non-hydrogen) atoms. The van der Waals surface area contributed by atoms with Crippen molar-refractivity contribution in [2.75, 3.05) is 5.32 Å². The van der Waals surface area contributed by atoms with Gasteiger partial charge in [-0.25, -0.2) is 0 Å². The minimum atomic E-state index is -0.217. The Hall–Kier alpha value is -1.88. The lowest BCUT2D eigenvalue weighted by atomic mass is 10.2. The van der Waals surface area contributed by atoms with Gasteiger partial charge in [-0.1, -0.05) is 6.07 Å². The summed E-state index contributed by atoms with van der Waals surface area (Å²) in [4.78, 5) is 16.0. The van der Waals surface area contributed by atoms with Crippen LogP contribution in [0.25, 0.3) is 0 Å². The molecular formula is C11H10N2O2S. The number of aromatic hydroxyl groups is 1. The molecule has 0 spiro atoms. The molecule has 0 saturated carbocycles. The van der Waals surface area contributed by atoms with Crippen LogP contribution < -0.4 is 5.32 Å². The van der Waals surface area contributed by atoms with Gasteiger partial charge in [0.05, 0.1) is 11.7 Å². The molecule has 2 rings (SSSR count). The van der Waals surface area contributed by atoms with Crippen molar-refractivity contribution in [3.63, 3.8) is 0 Å². The molecule has 0 radical (unpaired) electrons. The molecule has 0 unspecified atom stereocenters. The molecule has 0 atom stereocenters. The Morgan fingerprint density at radius 2 is 2.31 bits per heavy atom. The van der Waals surface area contributed by atoms with Gasteiger partial charge in [0, 0.05) is 11.8 Å². The van der Waals surface area contributed by atoms with Gasteiger partial charge in [-0.3, -0.25) is 9.78 Å². The Bertz CT molecular complexity index is 509. The summed E-state index contributed by atoms with van der Waals surface area (Å²) in [5, 5.41) is 12.2. The number of nitrogens with one attached hydrogen (secondary N) is 1. The van der Waals surface area contributed by atoms with Gasteiger partial charge in [-0.05, 0) is 18.6 Å². The third kappa shape index (κ3) is 2.20.